The van der Waals surface area contributed by atoms with Gasteiger partial charge in [0.15, 0.2) is 0 Å². The number of methoxy groups -OCH3 is 1. The van der Waals surface area contributed by atoms with Gasteiger partial charge in [0.1, 0.15) is 35.9 Å². The first-order valence-electron chi connectivity index (χ1n) is 7.45. The summed E-state index contributed by atoms with van der Waals surface area (Å²) in [5.41, 5.74) is 0.293. The van der Waals surface area contributed by atoms with Crippen LogP contribution in [0.15, 0.2) is 49.3 Å². The molecule has 0 radical (unpaired) electrons. The second-order valence-corrected chi connectivity index (χ2v) is 4.74. The monoisotopic (exact) mass is 328 g/mol. The quantitative estimate of drug-likeness (QED) is 0.540. The number of anilines is 1. The van der Waals surface area contributed by atoms with E-state index < -0.39 is 0 Å². The van der Waals surface area contributed by atoms with Crippen molar-refractivity contribution in [1.82, 2.24) is 15.3 Å². The number of aromatic nitrogens is 2. The standard InChI is InChI=1S/C17H20N4O3/c1-3-8-18-16-11-15(20-12-21-16)17(22)19-9-10-24-14-6-4-13(23-2)5-7-14/h3-7,11-12H,1,8-10H2,2H3,(H,19,22)(H,18,20,21). The molecule has 0 aliphatic heterocycles. The SMILES string of the molecule is C=CCNc1cc(C(=O)NCCOc2ccc(OC)cc2)ncn1. The molecule has 0 fully saturated rings. The highest BCUT2D eigenvalue weighted by molar-refractivity contribution is 5.92. The average Bonchev–Trinajstić information content (AvgIpc) is 2.64. The van der Waals surface area contributed by atoms with Crippen molar-refractivity contribution in [1.29, 1.82) is 0 Å². The zero-order valence-corrected chi connectivity index (χ0v) is 13.5. The van der Waals surface area contributed by atoms with E-state index in [4.69, 9.17) is 9.47 Å². The number of amides is 1. The van der Waals surface area contributed by atoms with Gasteiger partial charge in [0, 0.05) is 12.6 Å². The zero-order chi connectivity index (χ0) is 17.2. The first-order chi connectivity index (χ1) is 11.7. The van der Waals surface area contributed by atoms with Crippen LogP contribution in [0.25, 0.3) is 0 Å². The number of benzene rings is 1. The van der Waals surface area contributed by atoms with Crippen molar-refractivity contribution in [3.05, 3.63) is 55.0 Å². The van der Waals surface area contributed by atoms with Crippen LogP contribution in [0.5, 0.6) is 11.5 Å². The molecule has 24 heavy (non-hydrogen) atoms. The van der Waals surface area contributed by atoms with Crippen LogP contribution in [0.3, 0.4) is 0 Å². The molecule has 0 bridgehead atoms. The van der Waals surface area contributed by atoms with Crippen LogP contribution < -0.4 is 20.1 Å². The Bertz CT molecular complexity index is 674. The molecular formula is C17H20N4O3. The highest BCUT2D eigenvalue weighted by Gasteiger charge is 2.08. The van der Waals surface area contributed by atoms with E-state index in [1.165, 1.54) is 6.33 Å². The third kappa shape index (κ3) is 5.28. The molecule has 1 aromatic heterocycles. The fraction of sp³-hybridized carbons (Fsp3) is 0.235. The first-order valence-corrected chi connectivity index (χ1v) is 7.45. The first kappa shape index (κ1) is 17.3. The third-order valence-electron chi connectivity index (χ3n) is 3.04. The van der Waals surface area contributed by atoms with E-state index in [2.05, 4.69) is 27.2 Å². The van der Waals surface area contributed by atoms with Crippen LogP contribution in [0.2, 0.25) is 0 Å². The topological polar surface area (TPSA) is 85.4 Å². The summed E-state index contributed by atoms with van der Waals surface area (Å²) >= 11 is 0. The fourth-order valence-corrected chi connectivity index (χ4v) is 1.85. The van der Waals surface area contributed by atoms with Crippen molar-refractivity contribution >= 4 is 11.7 Å². The predicted molar refractivity (Wildman–Crippen MR) is 91.5 cm³/mol. The lowest BCUT2D eigenvalue weighted by molar-refractivity contribution is 0.0942. The van der Waals surface area contributed by atoms with Crippen molar-refractivity contribution in [2.24, 2.45) is 0 Å². The van der Waals surface area contributed by atoms with Crippen LogP contribution in [-0.2, 0) is 0 Å². The van der Waals surface area contributed by atoms with Gasteiger partial charge >= 0.3 is 0 Å². The fourth-order valence-electron chi connectivity index (χ4n) is 1.85. The summed E-state index contributed by atoms with van der Waals surface area (Å²) in [6, 6.07) is 8.83. The summed E-state index contributed by atoms with van der Waals surface area (Å²) in [5, 5.41) is 5.75. The Kier molecular flexibility index (Phi) is 6.58. The van der Waals surface area contributed by atoms with Crippen LogP contribution >= 0.6 is 0 Å². The molecule has 2 N–H and O–H groups in total. The molecule has 2 rings (SSSR count). The van der Waals surface area contributed by atoms with Gasteiger partial charge in [-0.25, -0.2) is 9.97 Å². The van der Waals surface area contributed by atoms with E-state index >= 15 is 0 Å². The lowest BCUT2D eigenvalue weighted by atomic mass is 10.3. The lowest BCUT2D eigenvalue weighted by Crippen LogP contribution is -2.29. The number of hydrogen-bond donors (Lipinski definition) is 2. The maximum atomic E-state index is 12.0. The number of nitrogens with one attached hydrogen (secondary N) is 2. The second kappa shape index (κ2) is 9.14. The van der Waals surface area contributed by atoms with Gasteiger partial charge < -0.3 is 20.1 Å². The van der Waals surface area contributed by atoms with Crippen molar-refractivity contribution < 1.29 is 14.3 Å². The second-order valence-electron chi connectivity index (χ2n) is 4.74. The Hall–Kier alpha value is -3.09. The van der Waals surface area contributed by atoms with Gasteiger partial charge in [0.05, 0.1) is 13.7 Å². The van der Waals surface area contributed by atoms with Gasteiger partial charge in [-0.15, -0.1) is 6.58 Å². The summed E-state index contributed by atoms with van der Waals surface area (Å²) in [6.07, 6.45) is 3.05. The Morgan fingerprint density at radius 2 is 2.00 bits per heavy atom. The molecule has 1 heterocycles. The third-order valence-corrected chi connectivity index (χ3v) is 3.04. The number of hydrogen-bond acceptors (Lipinski definition) is 6. The summed E-state index contributed by atoms with van der Waals surface area (Å²) in [7, 11) is 1.61. The minimum Gasteiger partial charge on any atom is -0.497 e. The predicted octanol–water partition coefficient (Wildman–Crippen LogP) is 1.89. The average molecular weight is 328 g/mol. The minimum atomic E-state index is -0.280. The number of nitrogens with zero attached hydrogens (tertiary/aromatic N) is 2. The molecule has 0 unspecified atom stereocenters. The lowest BCUT2D eigenvalue weighted by Gasteiger charge is -2.09. The Morgan fingerprint density at radius 1 is 1.25 bits per heavy atom. The molecule has 0 spiro atoms. The molecular weight excluding hydrogens is 308 g/mol. The number of rotatable bonds is 9. The van der Waals surface area contributed by atoms with Crippen LogP contribution in [0.4, 0.5) is 5.82 Å². The number of carbonyl (C=O) groups is 1. The van der Waals surface area contributed by atoms with Crippen molar-refractivity contribution in [2.75, 3.05) is 32.1 Å². The molecule has 2 aromatic rings. The largest absolute Gasteiger partial charge is 0.497 e. The van der Waals surface area contributed by atoms with Crippen LogP contribution in [0, 0.1) is 0 Å². The van der Waals surface area contributed by atoms with Gasteiger partial charge in [-0.3, -0.25) is 4.79 Å². The number of ether oxygens (including phenoxy) is 2. The highest BCUT2D eigenvalue weighted by atomic mass is 16.5. The van der Waals surface area contributed by atoms with Gasteiger partial charge in [0.2, 0.25) is 0 Å². The Labute approximate surface area is 140 Å². The molecule has 1 amide bonds. The summed E-state index contributed by atoms with van der Waals surface area (Å²) < 4.78 is 10.6. The summed E-state index contributed by atoms with van der Waals surface area (Å²) in [4.78, 5) is 20.0. The minimum absolute atomic E-state index is 0.280. The Morgan fingerprint density at radius 3 is 2.71 bits per heavy atom. The van der Waals surface area contributed by atoms with Crippen LogP contribution in [-0.4, -0.2) is 42.7 Å². The maximum absolute atomic E-state index is 12.0. The summed E-state index contributed by atoms with van der Waals surface area (Å²) in [5.74, 6) is 1.77. The van der Waals surface area contributed by atoms with Gasteiger partial charge in [-0.05, 0) is 24.3 Å². The molecule has 0 saturated heterocycles. The van der Waals surface area contributed by atoms with E-state index in [9.17, 15) is 4.79 Å². The van der Waals surface area contributed by atoms with E-state index in [-0.39, 0.29) is 5.91 Å². The van der Waals surface area contributed by atoms with Crippen molar-refractivity contribution in [2.45, 2.75) is 0 Å². The van der Waals surface area contributed by atoms with E-state index in [0.717, 1.165) is 5.75 Å². The van der Waals surface area contributed by atoms with E-state index in [1.54, 1.807) is 19.3 Å². The van der Waals surface area contributed by atoms with Crippen LogP contribution in [0.1, 0.15) is 10.5 Å². The molecule has 0 aliphatic carbocycles. The molecule has 7 nitrogen and oxygen atoms in total. The molecule has 0 saturated carbocycles. The Balaban J connectivity index is 1.77. The maximum Gasteiger partial charge on any atom is 0.270 e. The van der Waals surface area contributed by atoms with Gasteiger partial charge in [-0.1, -0.05) is 6.08 Å². The molecule has 1 aromatic carbocycles. The van der Waals surface area contributed by atoms with Gasteiger partial charge in [-0.2, -0.15) is 0 Å². The van der Waals surface area contributed by atoms with E-state index in [1.807, 2.05) is 24.3 Å². The zero-order valence-electron chi connectivity index (χ0n) is 13.5. The van der Waals surface area contributed by atoms with Crippen molar-refractivity contribution in [3.63, 3.8) is 0 Å². The number of carbonyl (C=O) groups excluding carboxylic acids is 1. The van der Waals surface area contributed by atoms with Gasteiger partial charge in [0.25, 0.3) is 5.91 Å². The highest BCUT2D eigenvalue weighted by Crippen LogP contribution is 2.16. The molecule has 0 aliphatic rings. The molecule has 7 heteroatoms. The van der Waals surface area contributed by atoms with E-state index in [0.29, 0.717) is 37.0 Å². The normalized spacial score (nSPS) is 9.88. The summed E-state index contributed by atoms with van der Waals surface area (Å²) in [6.45, 7) is 4.89. The molecule has 126 valence electrons. The van der Waals surface area contributed by atoms with Crippen molar-refractivity contribution in [3.8, 4) is 11.5 Å². The molecule has 0 atom stereocenters. The smallest absolute Gasteiger partial charge is 0.270 e.